The number of rotatable bonds is 6. The van der Waals surface area contributed by atoms with Gasteiger partial charge in [0.15, 0.2) is 6.10 Å². The predicted molar refractivity (Wildman–Crippen MR) is 89.7 cm³/mol. The van der Waals surface area contributed by atoms with E-state index < -0.39 is 11.0 Å². The summed E-state index contributed by atoms with van der Waals surface area (Å²) in [6.07, 6.45) is 4.56. The Morgan fingerprint density at radius 1 is 1.25 bits per heavy atom. The van der Waals surface area contributed by atoms with Gasteiger partial charge in [0.25, 0.3) is 11.6 Å². The molecule has 2 bridgehead atoms. The van der Waals surface area contributed by atoms with Crippen LogP contribution >= 0.6 is 0 Å². The van der Waals surface area contributed by atoms with Crippen LogP contribution in [0.4, 0.5) is 5.69 Å². The highest BCUT2D eigenvalue weighted by Crippen LogP contribution is 2.49. The molecule has 0 aliphatic heterocycles. The van der Waals surface area contributed by atoms with E-state index in [0.717, 1.165) is 11.8 Å². The molecule has 2 saturated carbocycles. The van der Waals surface area contributed by atoms with Gasteiger partial charge in [0, 0.05) is 18.2 Å². The van der Waals surface area contributed by atoms with Crippen LogP contribution < -0.4 is 10.1 Å². The number of nitro groups is 1. The highest BCUT2D eigenvalue weighted by molar-refractivity contribution is 5.81. The van der Waals surface area contributed by atoms with Gasteiger partial charge < -0.3 is 10.1 Å². The van der Waals surface area contributed by atoms with E-state index in [0.29, 0.717) is 11.7 Å². The molecule has 0 aromatic heterocycles. The summed E-state index contributed by atoms with van der Waals surface area (Å²) in [5.74, 6) is 2.52. The Morgan fingerprint density at radius 2 is 1.96 bits per heavy atom. The van der Waals surface area contributed by atoms with Crippen molar-refractivity contribution in [1.82, 2.24) is 5.32 Å². The zero-order valence-electron chi connectivity index (χ0n) is 14.1. The maximum absolute atomic E-state index is 12.4. The van der Waals surface area contributed by atoms with Gasteiger partial charge in [-0.15, -0.1) is 0 Å². The van der Waals surface area contributed by atoms with Crippen molar-refractivity contribution in [3.63, 3.8) is 0 Å². The van der Waals surface area contributed by atoms with Crippen LogP contribution in [0, 0.1) is 27.9 Å². The molecule has 1 aromatic rings. The molecule has 130 valence electrons. The molecule has 1 aromatic carbocycles. The third kappa shape index (κ3) is 3.52. The van der Waals surface area contributed by atoms with Gasteiger partial charge >= 0.3 is 0 Å². The average Bonchev–Trinajstić information content (AvgIpc) is 3.18. The van der Waals surface area contributed by atoms with Crippen molar-refractivity contribution in [1.29, 1.82) is 0 Å². The Hall–Kier alpha value is -2.11. The molecule has 5 atom stereocenters. The minimum Gasteiger partial charge on any atom is -0.481 e. The predicted octanol–water partition coefficient (Wildman–Crippen LogP) is 3.30. The third-order valence-corrected chi connectivity index (χ3v) is 5.53. The van der Waals surface area contributed by atoms with E-state index in [1.807, 2.05) is 0 Å². The number of carbonyl (C=O) groups excluding carboxylic acids is 1. The summed E-state index contributed by atoms with van der Waals surface area (Å²) in [5, 5.41) is 13.7. The van der Waals surface area contributed by atoms with Crippen LogP contribution in [0.1, 0.15) is 39.5 Å². The van der Waals surface area contributed by atoms with Gasteiger partial charge in [-0.25, -0.2) is 0 Å². The molecule has 0 heterocycles. The van der Waals surface area contributed by atoms with Crippen LogP contribution in [-0.2, 0) is 4.79 Å². The van der Waals surface area contributed by atoms with Crippen LogP contribution in [0.25, 0.3) is 0 Å². The molecule has 3 rings (SSSR count). The smallest absolute Gasteiger partial charge is 0.269 e. The highest BCUT2D eigenvalue weighted by Gasteiger charge is 2.42. The SMILES string of the molecule is C[C@H](Oc1ccc([N+](=O)[O-])cc1)C(=O)N[C@H](C)[C@@H]1C[C@H]2CC[C@H]1C2. The van der Waals surface area contributed by atoms with Gasteiger partial charge in [0.2, 0.25) is 0 Å². The van der Waals surface area contributed by atoms with Crippen molar-refractivity contribution in [2.75, 3.05) is 0 Å². The van der Waals surface area contributed by atoms with E-state index in [2.05, 4.69) is 12.2 Å². The van der Waals surface area contributed by atoms with Crippen LogP contribution in [-0.4, -0.2) is 23.0 Å². The summed E-state index contributed by atoms with van der Waals surface area (Å²) >= 11 is 0. The molecule has 2 aliphatic carbocycles. The second-order valence-corrected chi connectivity index (χ2v) is 7.15. The van der Waals surface area contributed by atoms with Crippen LogP contribution in [0.2, 0.25) is 0 Å². The van der Waals surface area contributed by atoms with Gasteiger partial charge in [-0.2, -0.15) is 0 Å². The summed E-state index contributed by atoms with van der Waals surface area (Å²) in [6, 6.07) is 5.94. The maximum atomic E-state index is 12.4. The molecular weight excluding hydrogens is 308 g/mol. The number of carbonyl (C=O) groups is 1. The molecule has 0 saturated heterocycles. The Balaban J connectivity index is 1.51. The fourth-order valence-electron chi connectivity index (χ4n) is 4.26. The number of non-ortho nitro benzene ring substituents is 1. The van der Waals surface area contributed by atoms with Crippen molar-refractivity contribution in [2.24, 2.45) is 17.8 Å². The van der Waals surface area contributed by atoms with E-state index in [9.17, 15) is 14.9 Å². The minimum absolute atomic E-state index is 0.00404. The van der Waals surface area contributed by atoms with Crippen molar-refractivity contribution >= 4 is 11.6 Å². The molecule has 0 spiro atoms. The monoisotopic (exact) mass is 332 g/mol. The van der Waals surface area contributed by atoms with Gasteiger partial charge in [0.1, 0.15) is 5.75 Å². The topological polar surface area (TPSA) is 81.5 Å². The van der Waals surface area contributed by atoms with E-state index in [1.165, 1.54) is 49.9 Å². The lowest BCUT2D eigenvalue weighted by Gasteiger charge is -2.29. The van der Waals surface area contributed by atoms with Crippen LogP contribution in [0.5, 0.6) is 5.75 Å². The number of hydrogen-bond acceptors (Lipinski definition) is 4. The molecule has 2 aliphatic rings. The lowest BCUT2D eigenvalue weighted by Crippen LogP contribution is -2.45. The standard InChI is InChI=1S/C18H24N2O4/c1-11(17-10-13-3-4-14(17)9-13)19-18(21)12(2)24-16-7-5-15(6-8-16)20(22)23/h5-8,11-14,17H,3-4,9-10H2,1-2H3,(H,19,21)/t11-,12+,13+,14+,17+/m1/s1. The maximum Gasteiger partial charge on any atom is 0.269 e. The lowest BCUT2D eigenvalue weighted by molar-refractivity contribution is -0.384. The number of fused-ring (bicyclic) bond motifs is 2. The summed E-state index contributed by atoms with van der Waals surface area (Å²) < 4.78 is 5.60. The molecule has 1 amide bonds. The zero-order chi connectivity index (χ0) is 17.3. The number of benzene rings is 1. The van der Waals surface area contributed by atoms with Crippen molar-refractivity contribution in [3.8, 4) is 5.75 Å². The minimum atomic E-state index is -0.632. The van der Waals surface area contributed by atoms with Crippen LogP contribution in [0.15, 0.2) is 24.3 Å². The summed E-state index contributed by atoms with van der Waals surface area (Å²) in [6.45, 7) is 3.78. The second kappa shape index (κ2) is 6.79. The molecule has 6 nitrogen and oxygen atoms in total. The third-order valence-electron chi connectivity index (χ3n) is 5.53. The van der Waals surface area contributed by atoms with Gasteiger partial charge in [-0.1, -0.05) is 6.42 Å². The van der Waals surface area contributed by atoms with Crippen LogP contribution in [0.3, 0.4) is 0 Å². The second-order valence-electron chi connectivity index (χ2n) is 7.15. The number of nitro benzene ring substituents is 1. The fraction of sp³-hybridized carbons (Fsp3) is 0.611. The van der Waals surface area contributed by atoms with Gasteiger partial charge in [0.05, 0.1) is 4.92 Å². The Labute approximate surface area is 141 Å². The van der Waals surface area contributed by atoms with Crippen molar-refractivity contribution in [2.45, 2.75) is 51.7 Å². The van der Waals surface area contributed by atoms with E-state index in [4.69, 9.17) is 4.74 Å². The first-order valence-corrected chi connectivity index (χ1v) is 8.65. The fourth-order valence-corrected chi connectivity index (χ4v) is 4.26. The van der Waals surface area contributed by atoms with Gasteiger partial charge in [-0.05, 0) is 63.0 Å². The first kappa shape index (κ1) is 16.7. The first-order chi connectivity index (χ1) is 11.4. The van der Waals surface area contributed by atoms with Crippen molar-refractivity contribution in [3.05, 3.63) is 34.4 Å². The molecule has 0 radical (unpaired) electrons. The van der Waals surface area contributed by atoms with E-state index in [-0.39, 0.29) is 17.6 Å². The number of hydrogen-bond donors (Lipinski definition) is 1. The summed E-state index contributed by atoms with van der Waals surface area (Å²) in [7, 11) is 0. The highest BCUT2D eigenvalue weighted by atomic mass is 16.6. The van der Waals surface area contributed by atoms with E-state index in [1.54, 1.807) is 6.92 Å². The largest absolute Gasteiger partial charge is 0.481 e. The number of ether oxygens (including phenoxy) is 1. The first-order valence-electron chi connectivity index (χ1n) is 8.65. The molecular formula is C18H24N2O4. The molecule has 2 fully saturated rings. The lowest BCUT2D eigenvalue weighted by atomic mass is 9.84. The Bertz CT molecular complexity index is 616. The summed E-state index contributed by atoms with van der Waals surface area (Å²) in [5.41, 5.74) is 0.00404. The van der Waals surface area contributed by atoms with Crippen molar-refractivity contribution < 1.29 is 14.5 Å². The average molecular weight is 332 g/mol. The molecule has 6 heteroatoms. The summed E-state index contributed by atoms with van der Waals surface area (Å²) in [4.78, 5) is 22.5. The number of nitrogens with zero attached hydrogens (tertiary/aromatic N) is 1. The Kier molecular flexibility index (Phi) is 4.73. The molecule has 24 heavy (non-hydrogen) atoms. The Morgan fingerprint density at radius 3 is 2.50 bits per heavy atom. The van der Waals surface area contributed by atoms with Gasteiger partial charge in [-0.3, -0.25) is 14.9 Å². The number of nitrogens with one attached hydrogen (secondary N) is 1. The van der Waals surface area contributed by atoms with E-state index >= 15 is 0 Å². The number of amides is 1. The molecule has 1 N–H and O–H groups in total. The quantitative estimate of drug-likeness (QED) is 0.640. The molecule has 0 unspecified atom stereocenters. The zero-order valence-corrected chi connectivity index (χ0v) is 14.1. The normalized spacial score (nSPS) is 27.5.